The Kier molecular flexibility index (Phi) is 8.14. The van der Waals surface area contributed by atoms with Crippen molar-refractivity contribution < 1.29 is 9.00 Å². The number of nitrogens with zero attached hydrogens (tertiary/aromatic N) is 1. The average molecular weight is 333 g/mol. The van der Waals surface area contributed by atoms with Crippen molar-refractivity contribution in [3.63, 3.8) is 0 Å². The van der Waals surface area contributed by atoms with Crippen LogP contribution in [0.25, 0.3) is 0 Å². The van der Waals surface area contributed by atoms with Gasteiger partial charge >= 0.3 is 0 Å². The Morgan fingerprint density at radius 2 is 1.86 bits per heavy atom. The molecule has 21 heavy (non-hydrogen) atoms. The Hall–Kier alpha value is -0.910. The molecule has 6 heteroatoms. The summed E-state index contributed by atoms with van der Waals surface area (Å²) in [6.07, 6.45) is 3.20. The first-order chi connectivity index (χ1) is 9.27. The van der Waals surface area contributed by atoms with Crippen LogP contribution in [-0.2, 0) is 22.1 Å². The monoisotopic (exact) mass is 332 g/mol. The fourth-order valence-electron chi connectivity index (χ4n) is 2.19. The average Bonchev–Trinajstić information content (AvgIpc) is 2.38. The van der Waals surface area contributed by atoms with Crippen LogP contribution >= 0.6 is 12.4 Å². The number of carbonyl (C=O) groups excluding carboxylic acids is 1. The Balaban J connectivity index is 0.00000400. The molecule has 1 amide bonds. The molecule has 0 spiro atoms. The number of likely N-dealkylation sites (N-methyl/N-ethyl adjacent to an activating group) is 1. The lowest BCUT2D eigenvalue weighted by Gasteiger charge is -2.29. The van der Waals surface area contributed by atoms with Crippen LogP contribution in [0.15, 0.2) is 29.2 Å². The minimum absolute atomic E-state index is 0. The molecular weight excluding hydrogens is 308 g/mol. The van der Waals surface area contributed by atoms with Crippen molar-refractivity contribution in [1.29, 1.82) is 0 Å². The summed E-state index contributed by atoms with van der Waals surface area (Å²) in [6, 6.07) is 7.46. The first-order valence-electron chi connectivity index (χ1n) is 6.74. The van der Waals surface area contributed by atoms with Gasteiger partial charge < -0.3 is 10.6 Å². The van der Waals surface area contributed by atoms with Crippen LogP contribution in [0.2, 0.25) is 0 Å². The van der Waals surface area contributed by atoms with Gasteiger partial charge in [-0.3, -0.25) is 9.00 Å². The molecule has 0 bridgehead atoms. The summed E-state index contributed by atoms with van der Waals surface area (Å²) in [5.41, 5.74) is 6.25. The van der Waals surface area contributed by atoms with E-state index in [4.69, 9.17) is 5.73 Å². The second-order valence-electron chi connectivity index (χ2n) is 5.43. The van der Waals surface area contributed by atoms with E-state index < -0.39 is 16.3 Å². The molecule has 1 aromatic carbocycles. The van der Waals surface area contributed by atoms with Gasteiger partial charge in [0.25, 0.3) is 0 Å². The molecule has 0 fully saturated rings. The molecule has 1 rings (SSSR count). The Bertz CT molecular complexity index is 489. The summed E-state index contributed by atoms with van der Waals surface area (Å²) >= 11 is 0. The van der Waals surface area contributed by atoms with E-state index in [0.717, 1.165) is 16.9 Å². The lowest BCUT2D eigenvalue weighted by atomic mass is 9.96. The molecule has 0 radical (unpaired) electrons. The summed E-state index contributed by atoms with van der Waals surface area (Å²) < 4.78 is 11.3. The minimum Gasteiger partial charge on any atom is -0.340 e. The van der Waals surface area contributed by atoms with Crippen LogP contribution in [0.5, 0.6) is 0 Å². The summed E-state index contributed by atoms with van der Waals surface area (Å²) in [5.74, 6) is -0.0532. The molecule has 2 unspecified atom stereocenters. The lowest BCUT2D eigenvalue weighted by Crippen LogP contribution is -2.51. The number of rotatable bonds is 6. The van der Waals surface area contributed by atoms with Gasteiger partial charge in [0.1, 0.15) is 0 Å². The van der Waals surface area contributed by atoms with Gasteiger partial charge in [0.05, 0.1) is 5.54 Å². The van der Waals surface area contributed by atoms with E-state index in [1.54, 1.807) is 25.1 Å². The number of nitrogens with two attached hydrogens (primary N) is 1. The third-order valence-corrected chi connectivity index (χ3v) is 4.22. The van der Waals surface area contributed by atoms with E-state index in [2.05, 4.69) is 0 Å². The summed E-state index contributed by atoms with van der Waals surface area (Å²) in [5, 5.41) is 0. The van der Waals surface area contributed by atoms with Crippen LogP contribution in [0, 0.1) is 0 Å². The summed E-state index contributed by atoms with van der Waals surface area (Å²) in [4.78, 5) is 14.7. The molecule has 0 aliphatic carbocycles. The van der Waals surface area contributed by atoms with Crippen molar-refractivity contribution in [3.05, 3.63) is 29.8 Å². The SMILES string of the molecule is CCCC(C)(N)C(=O)N(C)Cc1ccc(S(C)=O)cc1.Cl. The highest BCUT2D eigenvalue weighted by Gasteiger charge is 2.29. The second kappa shape index (κ2) is 8.51. The molecule has 2 N–H and O–H groups in total. The van der Waals surface area contributed by atoms with Gasteiger partial charge in [0.2, 0.25) is 5.91 Å². The third kappa shape index (κ3) is 5.77. The third-order valence-electron chi connectivity index (χ3n) is 3.28. The minimum atomic E-state index is -0.976. The van der Waals surface area contributed by atoms with E-state index in [1.165, 1.54) is 0 Å². The van der Waals surface area contributed by atoms with Crippen LogP contribution in [0.1, 0.15) is 32.3 Å². The normalized spacial score (nSPS) is 14.7. The molecular formula is C15H25ClN2O2S. The van der Waals surface area contributed by atoms with Crippen molar-refractivity contribution in [2.75, 3.05) is 13.3 Å². The van der Waals surface area contributed by atoms with E-state index in [0.29, 0.717) is 13.0 Å². The molecule has 0 heterocycles. The van der Waals surface area contributed by atoms with Crippen molar-refractivity contribution in [3.8, 4) is 0 Å². The van der Waals surface area contributed by atoms with Crippen molar-refractivity contribution in [2.45, 2.75) is 43.7 Å². The van der Waals surface area contributed by atoms with E-state index in [-0.39, 0.29) is 18.3 Å². The quantitative estimate of drug-likeness (QED) is 0.869. The zero-order chi connectivity index (χ0) is 15.3. The van der Waals surface area contributed by atoms with Gasteiger partial charge in [-0.1, -0.05) is 25.5 Å². The van der Waals surface area contributed by atoms with E-state index in [9.17, 15) is 9.00 Å². The van der Waals surface area contributed by atoms with Gasteiger partial charge in [0, 0.05) is 35.5 Å². The van der Waals surface area contributed by atoms with Gasteiger partial charge in [0.15, 0.2) is 0 Å². The van der Waals surface area contributed by atoms with E-state index >= 15 is 0 Å². The topological polar surface area (TPSA) is 63.4 Å². The van der Waals surface area contributed by atoms with Crippen LogP contribution in [0.4, 0.5) is 0 Å². The summed E-state index contributed by atoms with van der Waals surface area (Å²) in [7, 11) is 0.783. The van der Waals surface area contributed by atoms with Crippen molar-refractivity contribution >= 4 is 29.1 Å². The Morgan fingerprint density at radius 3 is 2.29 bits per heavy atom. The van der Waals surface area contributed by atoms with Crippen molar-refractivity contribution in [2.24, 2.45) is 5.73 Å². The second-order valence-corrected chi connectivity index (χ2v) is 6.81. The zero-order valence-corrected chi connectivity index (χ0v) is 14.7. The van der Waals surface area contributed by atoms with Gasteiger partial charge in [-0.2, -0.15) is 0 Å². The fraction of sp³-hybridized carbons (Fsp3) is 0.533. The van der Waals surface area contributed by atoms with Crippen LogP contribution < -0.4 is 5.73 Å². The predicted molar refractivity (Wildman–Crippen MR) is 90.0 cm³/mol. The number of amides is 1. The molecule has 1 aromatic rings. The molecule has 0 saturated carbocycles. The lowest BCUT2D eigenvalue weighted by molar-refractivity contribution is -0.135. The molecule has 0 aliphatic rings. The van der Waals surface area contributed by atoms with Gasteiger partial charge in [-0.25, -0.2) is 0 Å². The van der Waals surface area contributed by atoms with Crippen LogP contribution in [0.3, 0.4) is 0 Å². The maximum atomic E-state index is 12.3. The molecule has 4 nitrogen and oxygen atoms in total. The first kappa shape index (κ1) is 20.1. The maximum absolute atomic E-state index is 12.3. The number of benzene rings is 1. The number of hydrogen-bond acceptors (Lipinski definition) is 3. The van der Waals surface area contributed by atoms with Gasteiger partial charge in [-0.15, -0.1) is 12.4 Å². The molecule has 120 valence electrons. The number of halogens is 1. The number of hydrogen-bond donors (Lipinski definition) is 1. The molecule has 0 saturated heterocycles. The highest BCUT2D eigenvalue weighted by molar-refractivity contribution is 7.84. The molecule has 0 aliphatic heterocycles. The van der Waals surface area contributed by atoms with Crippen LogP contribution in [-0.4, -0.2) is 33.9 Å². The summed E-state index contributed by atoms with van der Waals surface area (Å²) in [6.45, 7) is 4.30. The Labute approximate surface area is 136 Å². The predicted octanol–water partition coefficient (Wildman–Crippen LogP) is 2.32. The smallest absolute Gasteiger partial charge is 0.242 e. The fourth-order valence-corrected chi connectivity index (χ4v) is 2.71. The van der Waals surface area contributed by atoms with Gasteiger partial charge in [-0.05, 0) is 31.0 Å². The first-order valence-corrected chi connectivity index (χ1v) is 8.30. The molecule has 2 atom stereocenters. The zero-order valence-electron chi connectivity index (χ0n) is 13.1. The van der Waals surface area contributed by atoms with E-state index in [1.807, 2.05) is 31.2 Å². The maximum Gasteiger partial charge on any atom is 0.242 e. The number of carbonyl (C=O) groups is 1. The Morgan fingerprint density at radius 1 is 1.33 bits per heavy atom. The highest BCUT2D eigenvalue weighted by atomic mass is 35.5. The largest absolute Gasteiger partial charge is 0.340 e. The molecule has 0 aromatic heterocycles. The highest BCUT2D eigenvalue weighted by Crippen LogP contribution is 2.15. The van der Waals surface area contributed by atoms with Crippen molar-refractivity contribution in [1.82, 2.24) is 4.90 Å². The standard InChI is InChI=1S/C15H24N2O2S.ClH/c1-5-10-15(2,16)14(18)17(3)11-12-6-8-13(9-7-12)20(4)19;/h6-9H,5,10-11,16H2,1-4H3;1H.